The fraction of sp³-hybridized carbons (Fsp3) is 0.577. The molecule has 0 spiro atoms. The first-order valence-corrected chi connectivity index (χ1v) is 12.6. The summed E-state index contributed by atoms with van der Waals surface area (Å²) >= 11 is 0. The van der Waals surface area contributed by atoms with E-state index in [-0.39, 0.29) is 24.5 Å². The van der Waals surface area contributed by atoms with Gasteiger partial charge in [0.2, 0.25) is 5.91 Å². The number of piperazine rings is 1. The zero-order chi connectivity index (χ0) is 25.8. The number of carbonyl (C=O) groups is 3. The largest absolute Gasteiger partial charge is 0.497 e. The summed E-state index contributed by atoms with van der Waals surface area (Å²) in [4.78, 5) is 44.8. The third-order valence-corrected chi connectivity index (χ3v) is 6.94. The maximum Gasteiger partial charge on any atom is 0.338 e. The molecular weight excluding hydrogens is 464 g/mol. The molecule has 1 saturated carbocycles. The van der Waals surface area contributed by atoms with Crippen LogP contribution in [0.1, 0.15) is 38.3 Å². The fourth-order valence-corrected chi connectivity index (χ4v) is 4.83. The van der Waals surface area contributed by atoms with E-state index in [1.165, 1.54) is 0 Å². The second-order valence-electron chi connectivity index (χ2n) is 9.23. The Kier molecular flexibility index (Phi) is 8.03. The molecule has 2 fully saturated rings. The molecule has 0 bridgehead atoms. The van der Waals surface area contributed by atoms with Crippen LogP contribution in [0.25, 0.3) is 0 Å². The number of hydrogen-bond acceptors (Lipinski definition) is 7. The van der Waals surface area contributed by atoms with Crippen molar-refractivity contribution in [1.82, 2.24) is 20.0 Å². The van der Waals surface area contributed by atoms with Crippen molar-refractivity contribution in [3.8, 4) is 11.5 Å². The Morgan fingerprint density at radius 2 is 1.64 bits per heavy atom. The van der Waals surface area contributed by atoms with Crippen LogP contribution in [0.3, 0.4) is 0 Å². The number of nitrogens with one attached hydrogen (secondary N) is 1. The Morgan fingerprint density at radius 1 is 1.00 bits per heavy atom. The van der Waals surface area contributed by atoms with Crippen molar-refractivity contribution < 1.29 is 28.6 Å². The van der Waals surface area contributed by atoms with Crippen LogP contribution in [0.2, 0.25) is 0 Å². The molecule has 2 heterocycles. The van der Waals surface area contributed by atoms with Crippen molar-refractivity contribution in [2.24, 2.45) is 5.92 Å². The average molecular weight is 501 g/mol. The number of hydrogen-bond donors (Lipinski definition) is 1. The van der Waals surface area contributed by atoms with E-state index in [4.69, 9.17) is 14.2 Å². The molecule has 36 heavy (non-hydrogen) atoms. The third kappa shape index (κ3) is 5.43. The van der Waals surface area contributed by atoms with Crippen molar-refractivity contribution in [3.05, 3.63) is 35.0 Å². The van der Waals surface area contributed by atoms with E-state index in [0.29, 0.717) is 67.6 Å². The SMILES string of the molecule is CCOC(=O)C1=C(CN2CCN(C(=O)C3CC3)CC2)N(CC)C(=O)NC1c1cc(OC)cc(OC)c1. The molecule has 1 aromatic rings. The van der Waals surface area contributed by atoms with Crippen LogP contribution in [-0.4, -0.2) is 92.7 Å². The molecule has 1 aromatic carbocycles. The summed E-state index contributed by atoms with van der Waals surface area (Å²) in [6.45, 7) is 7.30. The lowest BCUT2D eigenvalue weighted by atomic mass is 9.93. The number of nitrogens with zero attached hydrogens (tertiary/aromatic N) is 3. The van der Waals surface area contributed by atoms with Crippen LogP contribution in [0.5, 0.6) is 11.5 Å². The second-order valence-corrected chi connectivity index (χ2v) is 9.23. The number of carbonyl (C=O) groups excluding carboxylic acids is 3. The van der Waals surface area contributed by atoms with Gasteiger partial charge in [-0.1, -0.05) is 0 Å². The zero-order valence-corrected chi connectivity index (χ0v) is 21.5. The molecular formula is C26H36N4O6. The summed E-state index contributed by atoms with van der Waals surface area (Å²) in [5.74, 6) is 1.09. The molecule has 10 heteroatoms. The third-order valence-electron chi connectivity index (χ3n) is 6.94. The lowest BCUT2D eigenvalue weighted by Crippen LogP contribution is -2.54. The quantitative estimate of drug-likeness (QED) is 0.519. The maximum atomic E-state index is 13.3. The zero-order valence-electron chi connectivity index (χ0n) is 21.5. The van der Waals surface area contributed by atoms with E-state index in [9.17, 15) is 14.4 Å². The smallest absolute Gasteiger partial charge is 0.338 e. The van der Waals surface area contributed by atoms with Crippen LogP contribution in [0.15, 0.2) is 29.5 Å². The van der Waals surface area contributed by atoms with Gasteiger partial charge < -0.3 is 24.4 Å². The fourth-order valence-electron chi connectivity index (χ4n) is 4.83. The van der Waals surface area contributed by atoms with E-state index in [2.05, 4.69) is 10.2 Å². The van der Waals surface area contributed by atoms with E-state index in [1.54, 1.807) is 44.2 Å². The number of esters is 1. The van der Waals surface area contributed by atoms with Gasteiger partial charge in [0.15, 0.2) is 0 Å². The van der Waals surface area contributed by atoms with Crippen molar-refractivity contribution in [2.75, 3.05) is 60.1 Å². The van der Waals surface area contributed by atoms with Crippen LogP contribution in [0.4, 0.5) is 4.79 Å². The standard InChI is InChI=1S/C26H36N4O6/c1-5-30-21(16-28-9-11-29(12-10-28)24(31)17-7-8-17)22(25(32)36-6-2)23(27-26(30)33)18-13-19(34-3)15-20(14-18)35-4/h13-15,17,23H,5-12,16H2,1-4H3,(H,27,33). The highest BCUT2D eigenvalue weighted by molar-refractivity contribution is 5.95. The van der Waals surface area contributed by atoms with Crippen molar-refractivity contribution in [1.29, 1.82) is 0 Å². The molecule has 0 aromatic heterocycles. The van der Waals surface area contributed by atoms with Gasteiger partial charge in [-0.3, -0.25) is 14.6 Å². The van der Waals surface area contributed by atoms with E-state index in [1.807, 2.05) is 11.8 Å². The number of amides is 3. The Bertz CT molecular complexity index is 1010. The highest BCUT2D eigenvalue weighted by Gasteiger charge is 2.40. The van der Waals surface area contributed by atoms with Crippen LogP contribution >= 0.6 is 0 Å². The van der Waals surface area contributed by atoms with Gasteiger partial charge in [0.05, 0.1) is 32.4 Å². The molecule has 0 radical (unpaired) electrons. The summed E-state index contributed by atoms with van der Waals surface area (Å²) < 4.78 is 16.3. The Balaban J connectivity index is 1.68. The summed E-state index contributed by atoms with van der Waals surface area (Å²) in [5, 5.41) is 2.98. The highest BCUT2D eigenvalue weighted by Crippen LogP contribution is 2.36. The molecule has 1 saturated heterocycles. The molecule has 4 rings (SSSR count). The second kappa shape index (κ2) is 11.2. The normalized spacial score (nSPS) is 20.8. The molecule has 1 unspecified atom stereocenters. The van der Waals surface area contributed by atoms with Gasteiger partial charge in [0.25, 0.3) is 0 Å². The molecule has 2 aliphatic heterocycles. The summed E-state index contributed by atoms with van der Waals surface area (Å²) in [6.07, 6.45) is 1.98. The van der Waals surface area contributed by atoms with Crippen LogP contribution in [0, 0.1) is 5.92 Å². The van der Waals surface area contributed by atoms with Crippen molar-refractivity contribution >= 4 is 17.9 Å². The Morgan fingerprint density at radius 3 is 2.17 bits per heavy atom. The van der Waals surface area contributed by atoms with Crippen molar-refractivity contribution in [3.63, 3.8) is 0 Å². The monoisotopic (exact) mass is 500 g/mol. The number of benzene rings is 1. The molecule has 3 amide bonds. The topological polar surface area (TPSA) is 101 Å². The minimum atomic E-state index is -0.726. The van der Waals surface area contributed by atoms with Gasteiger partial charge >= 0.3 is 12.0 Å². The van der Waals surface area contributed by atoms with Gasteiger partial charge in [0, 0.05) is 56.9 Å². The number of methoxy groups -OCH3 is 2. The predicted octanol–water partition coefficient (Wildman–Crippen LogP) is 2.16. The maximum absolute atomic E-state index is 13.3. The van der Waals surface area contributed by atoms with Gasteiger partial charge in [-0.05, 0) is 44.4 Å². The van der Waals surface area contributed by atoms with Gasteiger partial charge in [-0.2, -0.15) is 0 Å². The number of urea groups is 1. The Labute approximate surface area is 212 Å². The molecule has 10 nitrogen and oxygen atoms in total. The highest BCUT2D eigenvalue weighted by atomic mass is 16.5. The number of ether oxygens (including phenoxy) is 3. The van der Waals surface area contributed by atoms with Crippen LogP contribution < -0.4 is 14.8 Å². The molecule has 196 valence electrons. The van der Waals surface area contributed by atoms with E-state index in [0.717, 1.165) is 12.8 Å². The molecule has 1 aliphatic carbocycles. The van der Waals surface area contributed by atoms with Gasteiger partial charge in [-0.15, -0.1) is 0 Å². The summed E-state index contributed by atoms with van der Waals surface area (Å²) in [7, 11) is 3.11. The average Bonchev–Trinajstić information content (AvgIpc) is 3.74. The lowest BCUT2D eigenvalue weighted by Gasteiger charge is -2.40. The first-order chi connectivity index (χ1) is 17.4. The molecule has 3 aliphatic rings. The first-order valence-electron chi connectivity index (χ1n) is 12.6. The van der Waals surface area contributed by atoms with Crippen LogP contribution in [-0.2, 0) is 14.3 Å². The number of rotatable bonds is 9. The van der Waals surface area contributed by atoms with Gasteiger partial charge in [-0.25, -0.2) is 9.59 Å². The van der Waals surface area contributed by atoms with Gasteiger partial charge in [0.1, 0.15) is 11.5 Å². The predicted molar refractivity (Wildman–Crippen MR) is 133 cm³/mol. The molecule has 1 N–H and O–H groups in total. The summed E-state index contributed by atoms with van der Waals surface area (Å²) in [6, 6.07) is 4.30. The van der Waals surface area contributed by atoms with Crippen molar-refractivity contribution in [2.45, 2.75) is 32.7 Å². The Hall–Kier alpha value is -3.27. The molecule has 1 atom stereocenters. The number of likely N-dealkylation sites (N-methyl/N-ethyl adjacent to an activating group) is 1. The lowest BCUT2D eigenvalue weighted by molar-refractivity contribution is -0.139. The minimum Gasteiger partial charge on any atom is -0.497 e. The van der Waals surface area contributed by atoms with E-state index >= 15 is 0 Å². The van der Waals surface area contributed by atoms with E-state index < -0.39 is 12.0 Å². The minimum absolute atomic E-state index is 0.202. The summed E-state index contributed by atoms with van der Waals surface area (Å²) in [5.41, 5.74) is 1.68. The first kappa shape index (κ1) is 25.8.